The molecule has 1 aliphatic heterocycles. The van der Waals surface area contributed by atoms with Gasteiger partial charge in [0, 0.05) is 48.4 Å². The normalized spacial score (nSPS) is 15.7. The number of carbonyl (C=O) groups excluding carboxylic acids is 1. The van der Waals surface area contributed by atoms with Crippen LogP contribution in [0.4, 0.5) is 5.95 Å². The van der Waals surface area contributed by atoms with Gasteiger partial charge in [-0.15, -0.1) is 0 Å². The highest BCUT2D eigenvalue weighted by Gasteiger charge is 2.24. The fourth-order valence-corrected chi connectivity index (χ4v) is 4.43. The molecule has 3 aromatic rings. The van der Waals surface area contributed by atoms with Crippen LogP contribution in [-0.4, -0.2) is 49.0 Å². The van der Waals surface area contributed by atoms with Crippen LogP contribution in [0.15, 0.2) is 53.8 Å². The van der Waals surface area contributed by atoms with Crippen LogP contribution in [0.3, 0.4) is 0 Å². The number of nitrogens with one attached hydrogen (secondary N) is 1. The summed E-state index contributed by atoms with van der Waals surface area (Å²) in [6, 6.07) is 9.56. The molecule has 8 nitrogen and oxygen atoms in total. The molecule has 1 atom stereocenters. The Morgan fingerprint density at radius 1 is 1.07 bits per heavy atom. The van der Waals surface area contributed by atoms with Gasteiger partial charge < -0.3 is 11.1 Å². The minimum Gasteiger partial charge on any atom is -0.368 e. The lowest BCUT2D eigenvalue weighted by Crippen LogP contribution is -2.48. The van der Waals surface area contributed by atoms with Crippen LogP contribution >= 0.6 is 0 Å². The zero-order valence-electron chi connectivity index (χ0n) is 15.8. The molecule has 0 aliphatic carbocycles. The topological polar surface area (TPSA) is 114 Å². The molecule has 148 valence electrons. The van der Waals surface area contributed by atoms with E-state index in [1.54, 1.807) is 22.9 Å². The van der Waals surface area contributed by atoms with Crippen LogP contribution in [0, 0.1) is 6.92 Å². The van der Waals surface area contributed by atoms with Crippen molar-refractivity contribution in [3.63, 3.8) is 0 Å². The number of anilines is 1. The van der Waals surface area contributed by atoms with Crippen LogP contribution in [0.25, 0.3) is 22.4 Å². The molecule has 3 N–H and O–H groups in total. The van der Waals surface area contributed by atoms with E-state index in [1.165, 1.54) is 0 Å². The molecule has 0 radical (unpaired) electrons. The van der Waals surface area contributed by atoms with Crippen LogP contribution in [-0.2, 0) is 15.8 Å². The summed E-state index contributed by atoms with van der Waals surface area (Å²) in [7, 11) is -1.44. The molecule has 1 unspecified atom stereocenters. The smallest absolute Gasteiger partial charge is 0.235 e. The van der Waals surface area contributed by atoms with Crippen molar-refractivity contribution in [1.82, 2.24) is 24.6 Å². The number of aryl methyl sites for hydroxylation is 1. The predicted molar refractivity (Wildman–Crippen MR) is 111 cm³/mol. The quantitative estimate of drug-likeness (QED) is 0.677. The average Bonchev–Trinajstić information content (AvgIpc) is 2.74. The standard InChI is InChI=1S/C20H20N6O2S/c1-13-2-5-18(29(28)26-7-6-22-19(27)12-26)16(8-13)14-3-4-17(23-9-14)15-10-24-20(21)25-11-15/h2-5,8-11H,6-7,12H2,1H3,(H,22,27)(H2,21,24,25). The molecule has 29 heavy (non-hydrogen) atoms. The number of hydrogen-bond acceptors (Lipinski definition) is 6. The second-order valence-corrected chi connectivity index (χ2v) is 8.18. The summed E-state index contributed by atoms with van der Waals surface area (Å²) in [4.78, 5) is 24.9. The molecule has 1 saturated heterocycles. The lowest BCUT2D eigenvalue weighted by atomic mass is 10.0. The zero-order chi connectivity index (χ0) is 20.4. The third kappa shape index (κ3) is 4.15. The predicted octanol–water partition coefficient (Wildman–Crippen LogP) is 1.55. The fraction of sp³-hybridized carbons (Fsp3) is 0.200. The molecule has 0 spiro atoms. The van der Waals surface area contributed by atoms with Gasteiger partial charge in [-0.05, 0) is 19.1 Å². The monoisotopic (exact) mass is 408 g/mol. The number of amides is 1. The van der Waals surface area contributed by atoms with Crippen molar-refractivity contribution in [3.8, 4) is 22.4 Å². The van der Waals surface area contributed by atoms with Crippen molar-refractivity contribution in [2.75, 3.05) is 25.4 Å². The number of nitrogens with two attached hydrogens (primary N) is 1. The Morgan fingerprint density at radius 2 is 1.83 bits per heavy atom. The number of pyridine rings is 1. The van der Waals surface area contributed by atoms with Gasteiger partial charge in [-0.3, -0.25) is 9.78 Å². The number of hydrogen-bond donors (Lipinski definition) is 2. The van der Waals surface area contributed by atoms with E-state index in [0.29, 0.717) is 18.0 Å². The summed E-state index contributed by atoms with van der Waals surface area (Å²) in [5.74, 6) is 0.0960. The zero-order valence-corrected chi connectivity index (χ0v) is 16.6. The number of benzene rings is 1. The van der Waals surface area contributed by atoms with Crippen LogP contribution in [0.2, 0.25) is 0 Å². The maximum absolute atomic E-state index is 13.2. The second kappa shape index (κ2) is 8.06. The van der Waals surface area contributed by atoms with Gasteiger partial charge in [-0.2, -0.15) is 0 Å². The van der Waals surface area contributed by atoms with Gasteiger partial charge in [0.15, 0.2) is 0 Å². The highest BCUT2D eigenvalue weighted by Crippen LogP contribution is 2.29. The number of carbonyl (C=O) groups is 1. The minimum absolute atomic E-state index is 0.116. The molecule has 9 heteroatoms. The first kappa shape index (κ1) is 19.2. The van der Waals surface area contributed by atoms with Gasteiger partial charge in [-0.1, -0.05) is 23.8 Å². The summed E-state index contributed by atoms with van der Waals surface area (Å²) in [6.07, 6.45) is 4.99. The SMILES string of the molecule is Cc1ccc(S(=O)N2CCNC(=O)C2)c(-c2ccc(-c3cnc(N)nc3)nc2)c1. The highest BCUT2D eigenvalue weighted by atomic mass is 32.2. The summed E-state index contributed by atoms with van der Waals surface area (Å²) >= 11 is 0. The Balaban J connectivity index is 1.67. The van der Waals surface area contributed by atoms with Crippen LogP contribution in [0.5, 0.6) is 0 Å². The van der Waals surface area contributed by atoms with Crippen molar-refractivity contribution in [1.29, 1.82) is 0 Å². The number of nitrogens with zero attached hydrogens (tertiary/aromatic N) is 4. The number of aromatic nitrogens is 3. The lowest BCUT2D eigenvalue weighted by molar-refractivity contribution is -0.122. The number of nitrogen functional groups attached to an aromatic ring is 1. The first-order valence-corrected chi connectivity index (χ1v) is 10.2. The van der Waals surface area contributed by atoms with Gasteiger partial charge in [0.2, 0.25) is 11.9 Å². The fourth-order valence-electron chi connectivity index (χ4n) is 3.11. The molecule has 0 bridgehead atoms. The van der Waals surface area contributed by atoms with Gasteiger partial charge in [0.25, 0.3) is 0 Å². The first-order valence-electron chi connectivity index (χ1n) is 9.10. The average molecular weight is 408 g/mol. The Morgan fingerprint density at radius 3 is 2.52 bits per heavy atom. The molecular formula is C20H20N6O2S. The van der Waals surface area contributed by atoms with Gasteiger partial charge in [0.05, 0.1) is 17.1 Å². The van der Waals surface area contributed by atoms with Crippen molar-refractivity contribution < 1.29 is 9.00 Å². The van der Waals surface area contributed by atoms with E-state index in [0.717, 1.165) is 27.9 Å². The van der Waals surface area contributed by atoms with E-state index < -0.39 is 11.0 Å². The van der Waals surface area contributed by atoms with E-state index in [-0.39, 0.29) is 18.4 Å². The summed E-state index contributed by atoms with van der Waals surface area (Å²) < 4.78 is 14.9. The number of rotatable bonds is 4. The van der Waals surface area contributed by atoms with Crippen LogP contribution < -0.4 is 11.1 Å². The molecule has 1 aliphatic rings. The maximum atomic E-state index is 13.2. The van der Waals surface area contributed by atoms with E-state index in [4.69, 9.17) is 5.73 Å². The Kier molecular flexibility index (Phi) is 5.32. The molecule has 2 aromatic heterocycles. The van der Waals surface area contributed by atoms with E-state index >= 15 is 0 Å². The Labute approximate surface area is 170 Å². The molecule has 3 heterocycles. The molecule has 1 amide bonds. The molecular weight excluding hydrogens is 388 g/mol. The number of piperazine rings is 1. The van der Waals surface area contributed by atoms with Gasteiger partial charge >= 0.3 is 0 Å². The lowest BCUT2D eigenvalue weighted by Gasteiger charge is -2.26. The third-order valence-electron chi connectivity index (χ3n) is 4.60. The van der Waals surface area contributed by atoms with Crippen molar-refractivity contribution >= 4 is 22.8 Å². The Bertz CT molecular complexity index is 1070. The van der Waals surface area contributed by atoms with E-state index in [2.05, 4.69) is 20.3 Å². The van der Waals surface area contributed by atoms with Crippen molar-refractivity contribution in [2.45, 2.75) is 11.8 Å². The summed E-state index contributed by atoms with van der Waals surface area (Å²) in [5.41, 5.74) is 9.75. The van der Waals surface area contributed by atoms with Crippen molar-refractivity contribution in [2.24, 2.45) is 0 Å². The Hall–Kier alpha value is -3.17. The van der Waals surface area contributed by atoms with E-state index in [1.807, 2.05) is 37.3 Å². The third-order valence-corrected chi connectivity index (χ3v) is 6.12. The molecule has 1 fully saturated rings. The maximum Gasteiger partial charge on any atom is 0.235 e. The molecule has 0 saturated carbocycles. The molecule has 1 aromatic carbocycles. The summed E-state index contributed by atoms with van der Waals surface area (Å²) in [6.45, 7) is 3.14. The van der Waals surface area contributed by atoms with Gasteiger partial charge in [0.1, 0.15) is 11.0 Å². The largest absolute Gasteiger partial charge is 0.368 e. The minimum atomic E-state index is -1.44. The van der Waals surface area contributed by atoms with Gasteiger partial charge in [-0.25, -0.2) is 18.5 Å². The molecule has 4 rings (SSSR count). The highest BCUT2D eigenvalue weighted by molar-refractivity contribution is 7.82. The second-order valence-electron chi connectivity index (χ2n) is 6.72. The van der Waals surface area contributed by atoms with E-state index in [9.17, 15) is 9.00 Å². The van der Waals surface area contributed by atoms with Crippen LogP contribution in [0.1, 0.15) is 5.56 Å². The van der Waals surface area contributed by atoms with Crippen molar-refractivity contribution in [3.05, 3.63) is 54.5 Å². The first-order chi connectivity index (χ1) is 14.0. The summed E-state index contributed by atoms with van der Waals surface area (Å²) in [5, 5.41) is 2.76.